The maximum absolute atomic E-state index is 13.4. The first-order valence-corrected chi connectivity index (χ1v) is 5.75. The lowest BCUT2D eigenvalue weighted by Crippen LogP contribution is -2.29. The predicted octanol–water partition coefficient (Wildman–Crippen LogP) is 3.11. The minimum absolute atomic E-state index is 0.00204. The molecule has 0 aromatic heterocycles. The number of rotatable bonds is 4. The van der Waals surface area contributed by atoms with Crippen LogP contribution in [0.5, 0.6) is 5.75 Å². The van der Waals surface area contributed by atoms with Crippen molar-refractivity contribution in [3.8, 4) is 5.75 Å². The molecule has 2 rings (SSSR count). The quantitative estimate of drug-likeness (QED) is 0.898. The van der Waals surface area contributed by atoms with Gasteiger partial charge in [-0.3, -0.25) is 0 Å². The predicted molar refractivity (Wildman–Crippen MR) is 67.9 cm³/mol. The molecule has 0 fully saturated rings. The van der Waals surface area contributed by atoms with Crippen molar-refractivity contribution in [2.75, 3.05) is 6.61 Å². The molecule has 2 nitrogen and oxygen atoms in total. The Balaban J connectivity index is 2.08. The summed E-state index contributed by atoms with van der Waals surface area (Å²) in [5, 5.41) is 10.3. The zero-order valence-corrected chi connectivity index (χ0v) is 10.1. The number of benzene rings is 2. The number of para-hydroxylation sites is 1. The topological polar surface area (TPSA) is 29.5 Å². The Hall–Kier alpha value is -1.87. The molecule has 0 aliphatic rings. The highest BCUT2D eigenvalue weighted by molar-refractivity contribution is 5.25. The van der Waals surface area contributed by atoms with Crippen LogP contribution < -0.4 is 4.74 Å². The van der Waals surface area contributed by atoms with Gasteiger partial charge in [0.1, 0.15) is 12.2 Å². The first-order valence-electron chi connectivity index (χ1n) is 5.75. The second-order valence-electron chi connectivity index (χ2n) is 4.36. The highest BCUT2D eigenvalue weighted by atomic mass is 19.1. The monoisotopic (exact) mass is 246 g/mol. The molecule has 0 heterocycles. The molecule has 1 unspecified atom stereocenters. The standard InChI is InChI=1S/C15H15FO2/c1-15(17,12-7-3-2-4-8-12)11-18-14-10-6-5-9-13(14)16/h2-10,17H,11H2,1H3. The van der Waals surface area contributed by atoms with E-state index in [1.54, 1.807) is 19.1 Å². The minimum atomic E-state index is -1.15. The Labute approximate surface area is 106 Å². The van der Waals surface area contributed by atoms with Gasteiger partial charge in [-0.1, -0.05) is 42.5 Å². The lowest BCUT2D eigenvalue weighted by molar-refractivity contribution is 0.00643. The molecule has 1 atom stereocenters. The average Bonchev–Trinajstić information content (AvgIpc) is 2.39. The van der Waals surface area contributed by atoms with Crippen molar-refractivity contribution in [3.63, 3.8) is 0 Å². The molecule has 0 amide bonds. The van der Waals surface area contributed by atoms with E-state index in [-0.39, 0.29) is 12.4 Å². The summed E-state index contributed by atoms with van der Waals surface area (Å²) < 4.78 is 18.7. The second kappa shape index (κ2) is 5.19. The average molecular weight is 246 g/mol. The lowest BCUT2D eigenvalue weighted by Gasteiger charge is -2.24. The highest BCUT2D eigenvalue weighted by Crippen LogP contribution is 2.23. The van der Waals surface area contributed by atoms with E-state index in [9.17, 15) is 9.50 Å². The van der Waals surface area contributed by atoms with Crippen molar-refractivity contribution in [1.29, 1.82) is 0 Å². The normalized spacial score (nSPS) is 13.9. The van der Waals surface area contributed by atoms with Crippen LogP contribution in [-0.2, 0) is 5.60 Å². The smallest absolute Gasteiger partial charge is 0.165 e. The molecule has 0 saturated carbocycles. The van der Waals surface area contributed by atoms with E-state index in [0.717, 1.165) is 5.56 Å². The molecule has 18 heavy (non-hydrogen) atoms. The van der Waals surface area contributed by atoms with E-state index in [0.29, 0.717) is 0 Å². The first-order chi connectivity index (χ1) is 8.59. The van der Waals surface area contributed by atoms with E-state index in [2.05, 4.69) is 0 Å². The van der Waals surface area contributed by atoms with Gasteiger partial charge in [0.15, 0.2) is 11.6 Å². The summed E-state index contributed by atoms with van der Waals surface area (Å²) in [4.78, 5) is 0. The summed E-state index contributed by atoms with van der Waals surface area (Å²) in [6.45, 7) is 1.64. The highest BCUT2D eigenvalue weighted by Gasteiger charge is 2.24. The van der Waals surface area contributed by atoms with Crippen LogP contribution in [-0.4, -0.2) is 11.7 Å². The fourth-order valence-electron chi connectivity index (χ4n) is 1.66. The Morgan fingerprint density at radius 2 is 1.67 bits per heavy atom. The third-order valence-corrected chi connectivity index (χ3v) is 2.74. The fourth-order valence-corrected chi connectivity index (χ4v) is 1.66. The molecule has 2 aromatic rings. The van der Waals surface area contributed by atoms with Crippen molar-refractivity contribution in [3.05, 3.63) is 66.0 Å². The molecule has 0 bridgehead atoms. The summed E-state index contributed by atoms with van der Waals surface area (Å²) in [5.74, 6) is -0.282. The molecule has 0 aliphatic carbocycles. The van der Waals surface area contributed by atoms with Crippen LogP contribution >= 0.6 is 0 Å². The van der Waals surface area contributed by atoms with Crippen molar-refractivity contribution in [1.82, 2.24) is 0 Å². The zero-order chi connectivity index (χ0) is 13.0. The van der Waals surface area contributed by atoms with Crippen LogP contribution in [0, 0.1) is 5.82 Å². The van der Waals surface area contributed by atoms with Gasteiger partial charge in [0.2, 0.25) is 0 Å². The van der Waals surface area contributed by atoms with E-state index < -0.39 is 11.4 Å². The van der Waals surface area contributed by atoms with Crippen LogP contribution in [0.15, 0.2) is 54.6 Å². The van der Waals surface area contributed by atoms with Crippen molar-refractivity contribution >= 4 is 0 Å². The van der Waals surface area contributed by atoms with Gasteiger partial charge in [-0.2, -0.15) is 0 Å². The fraction of sp³-hybridized carbons (Fsp3) is 0.200. The number of hydrogen-bond donors (Lipinski definition) is 1. The van der Waals surface area contributed by atoms with Crippen LogP contribution in [0.4, 0.5) is 4.39 Å². The molecule has 0 aliphatic heterocycles. The molecular formula is C15H15FO2. The summed E-state index contributed by atoms with van der Waals surface area (Å²) >= 11 is 0. The maximum atomic E-state index is 13.4. The van der Waals surface area contributed by atoms with Gasteiger partial charge in [0, 0.05) is 0 Å². The van der Waals surface area contributed by atoms with Gasteiger partial charge in [-0.25, -0.2) is 4.39 Å². The molecule has 1 N–H and O–H groups in total. The van der Waals surface area contributed by atoms with Crippen molar-refractivity contribution in [2.24, 2.45) is 0 Å². The van der Waals surface area contributed by atoms with Crippen LogP contribution in [0.3, 0.4) is 0 Å². The van der Waals surface area contributed by atoms with E-state index in [1.165, 1.54) is 12.1 Å². The lowest BCUT2D eigenvalue weighted by atomic mass is 9.97. The third kappa shape index (κ3) is 2.87. The molecular weight excluding hydrogens is 231 g/mol. The Kier molecular flexibility index (Phi) is 3.63. The summed E-state index contributed by atoms with van der Waals surface area (Å²) in [6.07, 6.45) is 0. The van der Waals surface area contributed by atoms with Gasteiger partial charge in [0.25, 0.3) is 0 Å². The van der Waals surface area contributed by atoms with Crippen molar-refractivity contribution in [2.45, 2.75) is 12.5 Å². The second-order valence-corrected chi connectivity index (χ2v) is 4.36. The number of aliphatic hydroxyl groups is 1. The minimum Gasteiger partial charge on any atom is -0.487 e. The van der Waals surface area contributed by atoms with Gasteiger partial charge in [-0.05, 0) is 24.6 Å². The largest absolute Gasteiger partial charge is 0.487 e. The van der Waals surface area contributed by atoms with Gasteiger partial charge in [0.05, 0.1) is 0 Å². The van der Waals surface area contributed by atoms with Gasteiger partial charge < -0.3 is 9.84 Å². The van der Waals surface area contributed by atoms with Crippen LogP contribution in [0.2, 0.25) is 0 Å². The molecule has 0 saturated heterocycles. The third-order valence-electron chi connectivity index (χ3n) is 2.74. The SMILES string of the molecule is CC(O)(COc1ccccc1F)c1ccccc1. The van der Waals surface area contributed by atoms with E-state index in [4.69, 9.17) is 4.74 Å². The van der Waals surface area contributed by atoms with Gasteiger partial charge >= 0.3 is 0 Å². The van der Waals surface area contributed by atoms with Gasteiger partial charge in [-0.15, -0.1) is 0 Å². The molecule has 0 radical (unpaired) electrons. The van der Waals surface area contributed by atoms with Crippen LogP contribution in [0.25, 0.3) is 0 Å². The Morgan fingerprint density at radius 3 is 2.33 bits per heavy atom. The number of hydrogen-bond acceptors (Lipinski definition) is 2. The summed E-state index contributed by atoms with van der Waals surface area (Å²) in [7, 11) is 0. The maximum Gasteiger partial charge on any atom is 0.165 e. The first kappa shape index (κ1) is 12.6. The van der Waals surface area contributed by atoms with E-state index in [1.807, 2.05) is 30.3 Å². The Morgan fingerprint density at radius 1 is 1.06 bits per heavy atom. The molecule has 94 valence electrons. The van der Waals surface area contributed by atoms with E-state index >= 15 is 0 Å². The summed E-state index contributed by atoms with van der Waals surface area (Å²) in [5.41, 5.74) is -0.412. The Bertz CT molecular complexity index is 509. The molecule has 0 spiro atoms. The van der Waals surface area contributed by atoms with Crippen LogP contribution in [0.1, 0.15) is 12.5 Å². The number of halogens is 1. The summed E-state index contributed by atoms with van der Waals surface area (Å²) in [6, 6.07) is 15.3. The molecule has 2 aromatic carbocycles. The molecule has 3 heteroatoms. The zero-order valence-electron chi connectivity index (χ0n) is 10.1. The van der Waals surface area contributed by atoms with Crippen molar-refractivity contribution < 1.29 is 14.2 Å². The number of ether oxygens (including phenoxy) is 1.